The van der Waals surface area contributed by atoms with E-state index in [4.69, 9.17) is 15.6 Å². The van der Waals surface area contributed by atoms with Crippen LogP contribution in [0, 0.1) is 9.39 Å². The maximum absolute atomic E-state index is 12.3. The molecule has 0 radical (unpaired) electrons. The highest BCUT2D eigenvalue weighted by atomic mass is 127. The number of aliphatic carboxylic acids is 1. The molecule has 9 heteroatoms. The summed E-state index contributed by atoms with van der Waals surface area (Å²) in [7, 11) is 0. The highest BCUT2D eigenvalue weighted by Gasteiger charge is 2.24. The summed E-state index contributed by atoms with van der Waals surface area (Å²) in [5.74, 6) is -1.80. The van der Waals surface area contributed by atoms with Gasteiger partial charge in [-0.1, -0.05) is 24.3 Å². The zero-order valence-electron chi connectivity index (χ0n) is 17.5. The van der Waals surface area contributed by atoms with E-state index in [1.165, 1.54) is 12.1 Å². The number of carbonyl (C=O) groups is 3. The number of carbonyl (C=O) groups excluding carboxylic acids is 2. The monoisotopic (exact) mass is 544 g/mol. The molecule has 31 heavy (non-hydrogen) atoms. The molecule has 4 N–H and O–H groups in total. The van der Waals surface area contributed by atoms with Crippen LogP contribution in [0.25, 0.3) is 0 Å². The zero-order chi connectivity index (χ0) is 23.6. The molecule has 0 heterocycles. The minimum absolute atomic E-state index is 0.167. The van der Waals surface area contributed by atoms with Crippen molar-refractivity contribution in [1.82, 2.24) is 5.32 Å². The van der Waals surface area contributed by atoms with Crippen molar-refractivity contribution >= 4 is 40.6 Å². The van der Waals surface area contributed by atoms with Crippen LogP contribution in [-0.4, -0.2) is 34.7 Å². The third kappa shape index (κ3) is 11.9. The Morgan fingerprint density at radius 3 is 2.03 bits per heavy atom. The van der Waals surface area contributed by atoms with Crippen molar-refractivity contribution in [3.05, 3.63) is 69.0 Å². The molecule has 0 aromatic heterocycles. The molecular formula is C22H26FIN2O5. The summed E-state index contributed by atoms with van der Waals surface area (Å²) < 4.78 is 18.4. The Kier molecular flexibility index (Phi) is 10.4. The van der Waals surface area contributed by atoms with Gasteiger partial charge < -0.3 is 20.9 Å². The van der Waals surface area contributed by atoms with E-state index in [0.29, 0.717) is 0 Å². The first-order chi connectivity index (χ1) is 14.4. The van der Waals surface area contributed by atoms with Gasteiger partial charge in [-0.3, -0.25) is 4.79 Å². The number of carboxylic acid groups (broad SMARTS) is 1. The number of alkyl carbamates (subject to hydrolysis) is 1. The number of ether oxygens (including phenoxy) is 1. The molecule has 2 rings (SSSR count). The molecule has 2 amide bonds. The standard InChI is InChI=1S/C14H18INO4.C8H8FNO/c1-14(2,3)20-13(19)16-11(12(17)18)8-9-4-6-10(15)7-5-9;9-7-3-1-6(2-4-7)5-8(10)11/h4-7,11H,8H2,1-3H3,(H,16,19)(H,17,18);1-4H,5H2,(H2,10,11)/t11-;/m0./s1. The normalized spacial score (nSPS) is 11.5. The number of carboxylic acids is 1. The highest BCUT2D eigenvalue weighted by Crippen LogP contribution is 2.11. The van der Waals surface area contributed by atoms with Gasteiger partial charge in [0.1, 0.15) is 17.5 Å². The van der Waals surface area contributed by atoms with E-state index in [1.807, 2.05) is 24.3 Å². The second-order valence-corrected chi connectivity index (χ2v) is 8.88. The molecule has 2 aromatic carbocycles. The van der Waals surface area contributed by atoms with Crippen molar-refractivity contribution in [3.63, 3.8) is 0 Å². The lowest BCUT2D eigenvalue weighted by atomic mass is 10.1. The molecule has 0 aliphatic heterocycles. The molecule has 1 atom stereocenters. The van der Waals surface area contributed by atoms with Gasteiger partial charge in [0, 0.05) is 9.99 Å². The van der Waals surface area contributed by atoms with Crippen LogP contribution in [0.1, 0.15) is 31.9 Å². The second kappa shape index (κ2) is 12.2. The van der Waals surface area contributed by atoms with Crippen LogP contribution in [0.15, 0.2) is 48.5 Å². The maximum atomic E-state index is 12.3. The van der Waals surface area contributed by atoms with Gasteiger partial charge in [-0.15, -0.1) is 0 Å². The highest BCUT2D eigenvalue weighted by molar-refractivity contribution is 14.1. The van der Waals surface area contributed by atoms with E-state index >= 15 is 0 Å². The number of hydrogen-bond acceptors (Lipinski definition) is 4. The Hall–Kier alpha value is -2.69. The Balaban J connectivity index is 0.000000367. The summed E-state index contributed by atoms with van der Waals surface area (Å²) in [6.07, 6.45) is -0.346. The van der Waals surface area contributed by atoms with Gasteiger partial charge in [-0.2, -0.15) is 0 Å². The fraction of sp³-hybridized carbons (Fsp3) is 0.318. The zero-order valence-corrected chi connectivity index (χ0v) is 19.7. The first-order valence-electron chi connectivity index (χ1n) is 9.35. The molecule has 0 aliphatic carbocycles. The SMILES string of the molecule is CC(C)(C)OC(=O)N[C@@H](Cc1ccc(I)cc1)C(=O)O.NC(=O)Cc1ccc(F)cc1. The lowest BCUT2D eigenvalue weighted by molar-refractivity contribution is -0.139. The lowest BCUT2D eigenvalue weighted by Crippen LogP contribution is -2.44. The molecule has 168 valence electrons. The summed E-state index contributed by atoms with van der Waals surface area (Å²) in [4.78, 5) is 33.2. The molecule has 0 spiro atoms. The Morgan fingerprint density at radius 2 is 1.58 bits per heavy atom. The molecule has 0 bridgehead atoms. The van der Waals surface area contributed by atoms with Crippen LogP contribution >= 0.6 is 22.6 Å². The maximum Gasteiger partial charge on any atom is 0.408 e. The van der Waals surface area contributed by atoms with Crippen molar-refractivity contribution in [2.45, 2.75) is 45.3 Å². The summed E-state index contributed by atoms with van der Waals surface area (Å²) in [6, 6.07) is 12.1. The van der Waals surface area contributed by atoms with Crippen LogP contribution < -0.4 is 11.1 Å². The molecular weight excluding hydrogens is 518 g/mol. The van der Waals surface area contributed by atoms with E-state index in [1.54, 1.807) is 32.9 Å². The average Bonchev–Trinajstić information content (AvgIpc) is 2.63. The van der Waals surface area contributed by atoms with Gasteiger partial charge in [-0.25, -0.2) is 14.0 Å². The Bertz CT molecular complexity index is 880. The number of benzene rings is 2. The lowest BCUT2D eigenvalue weighted by Gasteiger charge is -2.22. The number of primary amides is 1. The fourth-order valence-corrected chi connectivity index (χ4v) is 2.67. The molecule has 7 nitrogen and oxygen atoms in total. The van der Waals surface area contributed by atoms with Crippen molar-refractivity contribution < 1.29 is 28.6 Å². The molecule has 0 unspecified atom stereocenters. The van der Waals surface area contributed by atoms with Crippen molar-refractivity contribution in [3.8, 4) is 0 Å². The molecule has 0 fully saturated rings. The van der Waals surface area contributed by atoms with Gasteiger partial charge >= 0.3 is 12.1 Å². The summed E-state index contributed by atoms with van der Waals surface area (Å²) >= 11 is 2.17. The predicted octanol–water partition coefficient (Wildman–Crippen LogP) is 3.67. The quantitative estimate of drug-likeness (QED) is 0.480. The van der Waals surface area contributed by atoms with Gasteiger partial charge in [0.05, 0.1) is 6.42 Å². The molecule has 2 aromatic rings. The number of rotatable bonds is 6. The topological polar surface area (TPSA) is 119 Å². The predicted molar refractivity (Wildman–Crippen MR) is 123 cm³/mol. The van der Waals surface area contributed by atoms with Crippen molar-refractivity contribution in [1.29, 1.82) is 0 Å². The average molecular weight is 544 g/mol. The van der Waals surface area contributed by atoms with E-state index in [0.717, 1.165) is 14.7 Å². The van der Waals surface area contributed by atoms with Crippen molar-refractivity contribution in [2.75, 3.05) is 0 Å². The third-order valence-corrected chi connectivity index (χ3v) is 4.35. The number of amides is 2. The summed E-state index contributed by atoms with van der Waals surface area (Å²) in [5, 5.41) is 11.5. The largest absolute Gasteiger partial charge is 0.480 e. The van der Waals surface area contributed by atoms with E-state index in [9.17, 15) is 18.8 Å². The van der Waals surface area contributed by atoms with E-state index in [-0.39, 0.29) is 18.7 Å². The number of halogens is 2. The Labute approximate surface area is 194 Å². The molecule has 0 aliphatic rings. The molecule has 0 saturated carbocycles. The van der Waals surface area contributed by atoms with Gasteiger partial charge in [0.2, 0.25) is 5.91 Å². The first-order valence-corrected chi connectivity index (χ1v) is 10.4. The van der Waals surface area contributed by atoms with Crippen LogP contribution in [-0.2, 0) is 27.2 Å². The Morgan fingerprint density at radius 1 is 1.06 bits per heavy atom. The van der Waals surface area contributed by atoms with Crippen LogP contribution in [0.3, 0.4) is 0 Å². The fourth-order valence-electron chi connectivity index (χ4n) is 2.31. The van der Waals surface area contributed by atoms with E-state index < -0.39 is 29.6 Å². The number of nitrogens with one attached hydrogen (secondary N) is 1. The summed E-state index contributed by atoms with van der Waals surface area (Å²) in [6.45, 7) is 5.17. The van der Waals surface area contributed by atoms with Crippen molar-refractivity contribution in [2.24, 2.45) is 5.73 Å². The van der Waals surface area contributed by atoms with Crippen LogP contribution in [0.4, 0.5) is 9.18 Å². The minimum atomic E-state index is -1.09. The smallest absolute Gasteiger partial charge is 0.408 e. The van der Waals surface area contributed by atoms with Gasteiger partial charge in [0.15, 0.2) is 0 Å². The first kappa shape index (κ1) is 26.3. The van der Waals surface area contributed by atoms with Gasteiger partial charge in [0.25, 0.3) is 0 Å². The van der Waals surface area contributed by atoms with Crippen LogP contribution in [0.5, 0.6) is 0 Å². The van der Waals surface area contributed by atoms with Crippen LogP contribution in [0.2, 0.25) is 0 Å². The number of hydrogen-bond donors (Lipinski definition) is 3. The second-order valence-electron chi connectivity index (χ2n) is 7.64. The number of nitrogens with two attached hydrogens (primary N) is 1. The third-order valence-electron chi connectivity index (χ3n) is 3.63. The van der Waals surface area contributed by atoms with E-state index in [2.05, 4.69) is 27.9 Å². The summed E-state index contributed by atoms with van der Waals surface area (Å²) in [5.41, 5.74) is 5.85. The van der Waals surface area contributed by atoms with Gasteiger partial charge in [-0.05, 0) is 78.8 Å². The molecule has 0 saturated heterocycles. The minimum Gasteiger partial charge on any atom is -0.480 e.